The molecule has 0 saturated carbocycles. The van der Waals surface area contributed by atoms with Crippen molar-refractivity contribution in [2.75, 3.05) is 11.9 Å². The highest BCUT2D eigenvalue weighted by Gasteiger charge is 2.21. The van der Waals surface area contributed by atoms with E-state index in [0.29, 0.717) is 11.3 Å². The molecule has 1 atom stereocenters. The summed E-state index contributed by atoms with van der Waals surface area (Å²) in [6.07, 6.45) is 4.05. The van der Waals surface area contributed by atoms with Gasteiger partial charge in [-0.1, -0.05) is 18.9 Å². The van der Waals surface area contributed by atoms with Gasteiger partial charge in [0.05, 0.1) is 22.2 Å². The molecule has 1 heterocycles. The number of nitro benzene ring substituents is 1. The lowest BCUT2D eigenvalue weighted by atomic mass is 10.1. The fraction of sp³-hybridized carbons (Fsp3) is 0.500. The Morgan fingerprint density at radius 1 is 1.40 bits per heavy atom. The van der Waals surface area contributed by atoms with Crippen LogP contribution in [0.4, 0.5) is 11.4 Å². The van der Waals surface area contributed by atoms with Gasteiger partial charge in [-0.3, -0.25) is 14.9 Å². The molecule has 1 aromatic rings. The van der Waals surface area contributed by atoms with Crippen molar-refractivity contribution in [1.82, 2.24) is 5.32 Å². The summed E-state index contributed by atoms with van der Waals surface area (Å²) in [5.41, 5.74) is 1.02. The summed E-state index contributed by atoms with van der Waals surface area (Å²) in [7, 11) is 0. The predicted molar refractivity (Wildman–Crippen MR) is 76.7 cm³/mol. The Bertz CT molecular complexity index is 508. The first kappa shape index (κ1) is 14.5. The Morgan fingerprint density at radius 2 is 2.20 bits per heavy atom. The van der Waals surface area contributed by atoms with E-state index in [1.54, 1.807) is 19.1 Å². The Kier molecular flexibility index (Phi) is 4.68. The van der Waals surface area contributed by atoms with E-state index in [0.717, 1.165) is 32.2 Å². The van der Waals surface area contributed by atoms with E-state index < -0.39 is 4.92 Å². The normalized spacial score (nSPS) is 19.1. The molecule has 2 N–H and O–H groups in total. The lowest BCUT2D eigenvalue weighted by Gasteiger charge is -2.16. The lowest BCUT2D eigenvalue weighted by Crippen LogP contribution is -2.40. The van der Waals surface area contributed by atoms with Gasteiger partial charge in [-0.05, 0) is 32.4 Å². The second-order valence-corrected chi connectivity index (χ2v) is 5.05. The van der Waals surface area contributed by atoms with Crippen molar-refractivity contribution in [1.29, 1.82) is 0 Å². The van der Waals surface area contributed by atoms with Crippen LogP contribution in [0.25, 0.3) is 0 Å². The third-order valence-electron chi connectivity index (χ3n) is 3.64. The molecule has 0 radical (unpaired) electrons. The average molecular weight is 277 g/mol. The van der Waals surface area contributed by atoms with Crippen molar-refractivity contribution in [2.45, 2.75) is 38.6 Å². The smallest absolute Gasteiger partial charge is 0.274 e. The molecule has 1 amide bonds. The zero-order valence-electron chi connectivity index (χ0n) is 11.5. The van der Waals surface area contributed by atoms with Gasteiger partial charge in [-0.2, -0.15) is 0 Å². The van der Waals surface area contributed by atoms with E-state index in [2.05, 4.69) is 10.6 Å². The molecule has 1 saturated heterocycles. The van der Waals surface area contributed by atoms with Crippen LogP contribution in [0.1, 0.15) is 31.2 Å². The van der Waals surface area contributed by atoms with Crippen LogP contribution in [0, 0.1) is 17.0 Å². The monoisotopic (exact) mass is 277 g/mol. The van der Waals surface area contributed by atoms with Crippen LogP contribution in [-0.4, -0.2) is 23.4 Å². The van der Waals surface area contributed by atoms with E-state index in [1.165, 1.54) is 6.07 Å². The van der Waals surface area contributed by atoms with Gasteiger partial charge in [0.25, 0.3) is 5.69 Å². The Labute approximate surface area is 117 Å². The number of anilines is 1. The number of hydrogen-bond acceptors (Lipinski definition) is 4. The molecule has 108 valence electrons. The van der Waals surface area contributed by atoms with Gasteiger partial charge in [-0.25, -0.2) is 0 Å². The van der Waals surface area contributed by atoms with Gasteiger partial charge in [0.15, 0.2) is 0 Å². The molecular formula is C14H19N3O3. The maximum atomic E-state index is 12.2. The molecule has 0 spiro atoms. The fourth-order valence-electron chi connectivity index (χ4n) is 2.43. The number of nitro groups is 1. The van der Waals surface area contributed by atoms with Crippen LogP contribution >= 0.6 is 0 Å². The Balaban J connectivity index is 2.11. The van der Waals surface area contributed by atoms with E-state index in [1.807, 2.05) is 0 Å². The summed E-state index contributed by atoms with van der Waals surface area (Å²) in [6.45, 7) is 2.49. The molecule has 6 heteroatoms. The second-order valence-electron chi connectivity index (χ2n) is 5.05. The van der Waals surface area contributed by atoms with Crippen LogP contribution in [0.5, 0.6) is 0 Å². The number of nitrogens with one attached hydrogen (secondary N) is 2. The van der Waals surface area contributed by atoms with Crippen LogP contribution in [0.15, 0.2) is 18.2 Å². The summed E-state index contributed by atoms with van der Waals surface area (Å²) in [5.74, 6) is -0.115. The number of nitrogens with zero attached hydrogens (tertiary/aromatic N) is 1. The molecular weight excluding hydrogens is 258 g/mol. The number of amides is 1. The maximum absolute atomic E-state index is 12.2. The SMILES string of the molecule is Cc1c(NC(=O)C2CCCCCN2)cccc1[N+](=O)[O-]. The zero-order chi connectivity index (χ0) is 14.5. The van der Waals surface area contributed by atoms with E-state index >= 15 is 0 Å². The number of hydrogen-bond donors (Lipinski definition) is 2. The first-order chi connectivity index (χ1) is 9.59. The largest absolute Gasteiger partial charge is 0.324 e. The predicted octanol–water partition coefficient (Wildman–Crippen LogP) is 2.37. The number of benzene rings is 1. The molecule has 1 aliphatic rings. The van der Waals surface area contributed by atoms with E-state index in [-0.39, 0.29) is 17.6 Å². The van der Waals surface area contributed by atoms with Crippen molar-refractivity contribution in [3.8, 4) is 0 Å². The highest BCUT2D eigenvalue weighted by atomic mass is 16.6. The summed E-state index contributed by atoms with van der Waals surface area (Å²) < 4.78 is 0. The molecule has 20 heavy (non-hydrogen) atoms. The van der Waals surface area contributed by atoms with Gasteiger partial charge in [0, 0.05) is 6.07 Å². The topological polar surface area (TPSA) is 84.3 Å². The third-order valence-corrected chi connectivity index (χ3v) is 3.64. The molecule has 1 unspecified atom stereocenters. The summed E-state index contributed by atoms with van der Waals surface area (Å²) in [5, 5.41) is 16.9. The summed E-state index contributed by atoms with van der Waals surface area (Å²) in [6, 6.07) is 4.50. The standard InChI is InChI=1S/C14H19N3O3/c1-10-11(7-5-8-13(10)17(19)20)16-14(18)12-6-3-2-4-9-15-12/h5,7-8,12,15H,2-4,6,9H2,1H3,(H,16,18). The fourth-order valence-corrected chi connectivity index (χ4v) is 2.43. The Hall–Kier alpha value is -1.95. The molecule has 0 bridgehead atoms. The quantitative estimate of drug-likeness (QED) is 0.656. The average Bonchev–Trinajstić information content (AvgIpc) is 2.69. The van der Waals surface area contributed by atoms with E-state index in [9.17, 15) is 14.9 Å². The maximum Gasteiger partial charge on any atom is 0.274 e. The summed E-state index contributed by atoms with van der Waals surface area (Å²) >= 11 is 0. The van der Waals surface area contributed by atoms with Crippen molar-refractivity contribution in [2.24, 2.45) is 0 Å². The van der Waals surface area contributed by atoms with Gasteiger partial charge >= 0.3 is 0 Å². The van der Waals surface area contributed by atoms with Gasteiger partial charge in [0.1, 0.15) is 0 Å². The van der Waals surface area contributed by atoms with Crippen molar-refractivity contribution in [3.63, 3.8) is 0 Å². The van der Waals surface area contributed by atoms with Gasteiger partial charge < -0.3 is 10.6 Å². The molecule has 6 nitrogen and oxygen atoms in total. The summed E-state index contributed by atoms with van der Waals surface area (Å²) in [4.78, 5) is 22.7. The first-order valence-electron chi connectivity index (χ1n) is 6.88. The van der Waals surface area contributed by atoms with E-state index in [4.69, 9.17) is 0 Å². The number of carbonyl (C=O) groups excluding carboxylic acids is 1. The molecule has 1 aromatic carbocycles. The van der Waals surface area contributed by atoms with Crippen LogP contribution in [-0.2, 0) is 4.79 Å². The molecule has 1 aliphatic heterocycles. The minimum absolute atomic E-state index is 0.0247. The Morgan fingerprint density at radius 3 is 2.95 bits per heavy atom. The second kappa shape index (κ2) is 6.47. The van der Waals surface area contributed by atoms with Crippen LogP contribution < -0.4 is 10.6 Å². The molecule has 0 aliphatic carbocycles. The lowest BCUT2D eigenvalue weighted by molar-refractivity contribution is -0.385. The minimum atomic E-state index is -0.436. The number of carbonyl (C=O) groups is 1. The molecule has 2 rings (SSSR count). The van der Waals surface area contributed by atoms with Gasteiger partial charge in [-0.15, -0.1) is 0 Å². The highest BCUT2D eigenvalue weighted by molar-refractivity contribution is 5.95. The van der Waals surface area contributed by atoms with Crippen LogP contribution in [0.3, 0.4) is 0 Å². The first-order valence-corrected chi connectivity index (χ1v) is 6.88. The zero-order valence-corrected chi connectivity index (χ0v) is 11.5. The molecule has 1 fully saturated rings. The minimum Gasteiger partial charge on any atom is -0.324 e. The van der Waals surface area contributed by atoms with Crippen molar-refractivity contribution < 1.29 is 9.72 Å². The van der Waals surface area contributed by atoms with Crippen molar-refractivity contribution in [3.05, 3.63) is 33.9 Å². The van der Waals surface area contributed by atoms with Gasteiger partial charge in [0.2, 0.25) is 5.91 Å². The number of rotatable bonds is 3. The highest BCUT2D eigenvalue weighted by Crippen LogP contribution is 2.25. The van der Waals surface area contributed by atoms with Crippen LogP contribution in [0.2, 0.25) is 0 Å². The third kappa shape index (κ3) is 3.33. The molecule has 0 aromatic heterocycles. The van der Waals surface area contributed by atoms with Crippen molar-refractivity contribution >= 4 is 17.3 Å².